The van der Waals surface area contributed by atoms with Crippen molar-refractivity contribution in [2.24, 2.45) is 0 Å². The third-order valence-electron chi connectivity index (χ3n) is 9.80. The summed E-state index contributed by atoms with van der Waals surface area (Å²) in [6.45, 7) is 0. The molecule has 0 saturated carbocycles. The second-order valence-corrected chi connectivity index (χ2v) is 12.4. The minimum absolute atomic E-state index is 1.00. The molecule has 47 heavy (non-hydrogen) atoms. The normalized spacial score (nSPS) is 11.8. The molecule has 0 aliphatic carbocycles. The van der Waals surface area contributed by atoms with Gasteiger partial charge in [0, 0.05) is 28.2 Å². The van der Waals surface area contributed by atoms with Gasteiger partial charge in [0.15, 0.2) is 0 Å². The second kappa shape index (κ2) is 10.1. The van der Waals surface area contributed by atoms with E-state index in [1.807, 2.05) is 12.3 Å². The summed E-state index contributed by atoms with van der Waals surface area (Å²) in [5, 5.41) is 10.2. The van der Waals surface area contributed by atoms with E-state index in [1.165, 1.54) is 87.6 Å². The molecule has 0 aliphatic rings. The van der Waals surface area contributed by atoms with Crippen molar-refractivity contribution < 1.29 is 0 Å². The molecule has 218 valence electrons. The van der Waals surface area contributed by atoms with E-state index < -0.39 is 0 Å². The highest BCUT2D eigenvalue weighted by Gasteiger charge is 2.17. The Kier molecular flexibility index (Phi) is 5.61. The van der Waals surface area contributed by atoms with Crippen molar-refractivity contribution in [1.82, 2.24) is 9.55 Å². The van der Waals surface area contributed by atoms with Gasteiger partial charge in [-0.2, -0.15) is 0 Å². The van der Waals surface area contributed by atoms with E-state index in [2.05, 4.69) is 167 Å². The van der Waals surface area contributed by atoms with Crippen LogP contribution >= 0.6 is 0 Å². The van der Waals surface area contributed by atoms with Gasteiger partial charge < -0.3 is 4.57 Å². The van der Waals surface area contributed by atoms with E-state index >= 15 is 0 Å². The van der Waals surface area contributed by atoms with Crippen LogP contribution in [0.2, 0.25) is 0 Å². The molecule has 0 N–H and O–H groups in total. The van der Waals surface area contributed by atoms with E-state index in [9.17, 15) is 0 Å². The summed E-state index contributed by atoms with van der Waals surface area (Å²) in [7, 11) is 0. The SMILES string of the molecule is c1ccc(-n2c3ccccc3c3ccc(-c4cccc(-c5ccc6ccc7c(-c8ccccn8)ccc8ccc5c6c87)c4)cc32)cc1. The van der Waals surface area contributed by atoms with Crippen LogP contribution in [0.25, 0.3) is 93.3 Å². The van der Waals surface area contributed by atoms with Crippen LogP contribution in [0.4, 0.5) is 0 Å². The molecule has 0 aliphatic heterocycles. The summed E-state index contributed by atoms with van der Waals surface area (Å²) in [6, 6.07) is 59.5. The Morgan fingerprint density at radius 3 is 1.83 bits per heavy atom. The third-order valence-corrected chi connectivity index (χ3v) is 9.80. The molecule has 0 radical (unpaired) electrons. The van der Waals surface area contributed by atoms with E-state index in [1.54, 1.807) is 0 Å². The number of nitrogens with zero attached hydrogens (tertiary/aromatic N) is 2. The molecule has 2 aromatic heterocycles. The molecule has 0 fully saturated rings. The summed E-state index contributed by atoms with van der Waals surface area (Å²) >= 11 is 0. The molecular formula is C45H28N2. The van der Waals surface area contributed by atoms with Crippen LogP contribution in [0.15, 0.2) is 170 Å². The summed E-state index contributed by atoms with van der Waals surface area (Å²) in [4.78, 5) is 4.69. The Morgan fingerprint density at radius 1 is 0.383 bits per heavy atom. The summed E-state index contributed by atoms with van der Waals surface area (Å²) in [5.74, 6) is 0. The Morgan fingerprint density at radius 2 is 1.02 bits per heavy atom. The Balaban J connectivity index is 1.16. The van der Waals surface area contributed by atoms with Crippen LogP contribution in [0.1, 0.15) is 0 Å². The molecule has 2 heteroatoms. The number of aromatic nitrogens is 2. The first-order valence-electron chi connectivity index (χ1n) is 16.1. The first kappa shape index (κ1) is 26.0. The smallest absolute Gasteiger partial charge is 0.0708 e. The highest BCUT2D eigenvalue weighted by molar-refractivity contribution is 6.27. The van der Waals surface area contributed by atoms with Gasteiger partial charge in [-0.1, -0.05) is 121 Å². The maximum absolute atomic E-state index is 4.69. The average molecular weight is 597 g/mol. The fourth-order valence-electron chi connectivity index (χ4n) is 7.67. The number of hydrogen-bond donors (Lipinski definition) is 0. The van der Waals surface area contributed by atoms with Gasteiger partial charge in [0.25, 0.3) is 0 Å². The van der Waals surface area contributed by atoms with E-state index in [0.717, 1.165) is 5.69 Å². The molecule has 0 saturated heterocycles. The molecule has 2 heterocycles. The van der Waals surface area contributed by atoms with Crippen LogP contribution in [0, 0.1) is 0 Å². The Labute approximate surface area is 272 Å². The van der Waals surface area contributed by atoms with E-state index in [0.29, 0.717) is 0 Å². The summed E-state index contributed by atoms with van der Waals surface area (Å²) in [5.41, 5.74) is 10.7. The van der Waals surface area contributed by atoms with Crippen molar-refractivity contribution in [1.29, 1.82) is 0 Å². The van der Waals surface area contributed by atoms with Crippen LogP contribution in [0.3, 0.4) is 0 Å². The van der Waals surface area contributed by atoms with Crippen molar-refractivity contribution in [3.05, 3.63) is 170 Å². The standard InChI is InChI=1S/C45H28N2/c1-2-11-34(12-3-1)47-42-15-5-4-13-37(42)38-23-20-32(28-43(38)47)31-9-8-10-33(27-31)35-21-16-29-19-25-40-36(41-14-6-7-26-46-41)22-17-30-18-24-39(35)44(29)45(30)40/h1-28H. The van der Waals surface area contributed by atoms with Gasteiger partial charge >= 0.3 is 0 Å². The Bertz CT molecular complexity index is 2770. The fourth-order valence-corrected chi connectivity index (χ4v) is 7.67. The zero-order valence-electron chi connectivity index (χ0n) is 25.6. The second-order valence-electron chi connectivity index (χ2n) is 12.4. The van der Waals surface area contributed by atoms with Gasteiger partial charge in [-0.3, -0.25) is 4.98 Å². The Hall–Kier alpha value is -6.25. The highest BCUT2D eigenvalue weighted by atomic mass is 15.0. The lowest BCUT2D eigenvalue weighted by Crippen LogP contribution is -1.93. The van der Waals surface area contributed by atoms with Gasteiger partial charge in [0.05, 0.1) is 16.7 Å². The van der Waals surface area contributed by atoms with Gasteiger partial charge in [-0.25, -0.2) is 0 Å². The molecule has 0 atom stereocenters. The quantitative estimate of drug-likeness (QED) is 0.185. The molecule has 10 aromatic rings. The predicted molar refractivity (Wildman–Crippen MR) is 199 cm³/mol. The number of para-hydroxylation sites is 2. The van der Waals surface area contributed by atoms with Crippen LogP contribution in [-0.2, 0) is 0 Å². The van der Waals surface area contributed by atoms with Crippen molar-refractivity contribution in [2.45, 2.75) is 0 Å². The average Bonchev–Trinajstić information content (AvgIpc) is 3.48. The van der Waals surface area contributed by atoms with Crippen molar-refractivity contribution in [2.75, 3.05) is 0 Å². The lowest BCUT2D eigenvalue weighted by atomic mass is 9.87. The summed E-state index contributed by atoms with van der Waals surface area (Å²) < 4.78 is 2.39. The molecule has 10 rings (SSSR count). The van der Waals surface area contributed by atoms with Gasteiger partial charge in [-0.05, 0) is 97.0 Å². The lowest BCUT2D eigenvalue weighted by molar-refractivity contribution is 1.18. The minimum Gasteiger partial charge on any atom is -0.309 e. The summed E-state index contributed by atoms with van der Waals surface area (Å²) in [6.07, 6.45) is 1.87. The van der Waals surface area contributed by atoms with Gasteiger partial charge in [-0.15, -0.1) is 0 Å². The third kappa shape index (κ3) is 3.95. The topological polar surface area (TPSA) is 17.8 Å². The number of rotatable bonds is 4. The largest absolute Gasteiger partial charge is 0.309 e. The number of fused-ring (bicyclic) bond motifs is 3. The molecule has 2 nitrogen and oxygen atoms in total. The predicted octanol–water partition coefficient (Wildman–Crippen LogP) is 12.1. The first-order chi connectivity index (χ1) is 23.3. The van der Waals surface area contributed by atoms with Gasteiger partial charge in [0.1, 0.15) is 0 Å². The van der Waals surface area contributed by atoms with E-state index in [4.69, 9.17) is 0 Å². The van der Waals surface area contributed by atoms with Crippen LogP contribution in [-0.4, -0.2) is 9.55 Å². The molecular weight excluding hydrogens is 569 g/mol. The molecule has 0 spiro atoms. The fraction of sp³-hybridized carbons (Fsp3) is 0. The van der Waals surface area contributed by atoms with E-state index in [-0.39, 0.29) is 0 Å². The van der Waals surface area contributed by atoms with Crippen LogP contribution in [0.5, 0.6) is 0 Å². The zero-order chi connectivity index (χ0) is 30.9. The maximum atomic E-state index is 4.69. The van der Waals surface area contributed by atoms with Crippen molar-refractivity contribution >= 4 is 54.1 Å². The minimum atomic E-state index is 1.00. The molecule has 0 amide bonds. The van der Waals surface area contributed by atoms with Gasteiger partial charge in [0.2, 0.25) is 0 Å². The number of hydrogen-bond acceptors (Lipinski definition) is 1. The number of benzene rings is 8. The van der Waals surface area contributed by atoms with Crippen molar-refractivity contribution in [3.63, 3.8) is 0 Å². The highest BCUT2D eigenvalue weighted by Crippen LogP contribution is 2.43. The van der Waals surface area contributed by atoms with Crippen LogP contribution < -0.4 is 0 Å². The monoisotopic (exact) mass is 596 g/mol. The molecule has 0 bridgehead atoms. The maximum Gasteiger partial charge on any atom is 0.0708 e. The zero-order valence-corrected chi connectivity index (χ0v) is 25.6. The number of pyridine rings is 1. The molecule has 0 unspecified atom stereocenters. The molecule has 8 aromatic carbocycles. The lowest BCUT2D eigenvalue weighted by Gasteiger charge is -2.16. The first-order valence-corrected chi connectivity index (χ1v) is 16.1. The van der Waals surface area contributed by atoms with Crippen molar-refractivity contribution in [3.8, 4) is 39.2 Å².